The molecule has 72 valence electrons. The van der Waals surface area contributed by atoms with Gasteiger partial charge in [0.05, 0.1) is 0 Å². The lowest BCUT2D eigenvalue weighted by molar-refractivity contribution is 0.324. The second kappa shape index (κ2) is 3.52. The van der Waals surface area contributed by atoms with Gasteiger partial charge < -0.3 is 4.57 Å². The molecule has 1 aliphatic heterocycles. The maximum atomic E-state index is 4.38. The second-order valence-electron chi connectivity index (χ2n) is 4.53. The first-order chi connectivity index (χ1) is 6.25. The number of hydrogen-bond donors (Lipinski definition) is 0. The van der Waals surface area contributed by atoms with Gasteiger partial charge in [0.15, 0.2) is 0 Å². The summed E-state index contributed by atoms with van der Waals surface area (Å²) in [6.45, 7) is 5.79. The van der Waals surface area contributed by atoms with Crippen LogP contribution in [0, 0.1) is 11.8 Å². The minimum absolute atomic E-state index is 0.825. The Morgan fingerprint density at radius 2 is 2.46 bits per heavy atom. The van der Waals surface area contributed by atoms with Crippen LogP contribution in [-0.2, 0) is 13.0 Å². The van der Waals surface area contributed by atoms with Crippen LogP contribution >= 0.6 is 0 Å². The predicted molar refractivity (Wildman–Crippen MR) is 53.5 cm³/mol. The number of fused-ring (bicyclic) bond motifs is 1. The van der Waals surface area contributed by atoms with Gasteiger partial charge in [0.1, 0.15) is 5.82 Å². The van der Waals surface area contributed by atoms with Crippen LogP contribution in [0.4, 0.5) is 0 Å². The van der Waals surface area contributed by atoms with Gasteiger partial charge in [0.2, 0.25) is 0 Å². The summed E-state index contributed by atoms with van der Waals surface area (Å²) < 4.78 is 2.29. The van der Waals surface area contributed by atoms with Crippen molar-refractivity contribution < 1.29 is 0 Å². The second-order valence-corrected chi connectivity index (χ2v) is 4.53. The summed E-state index contributed by atoms with van der Waals surface area (Å²) in [5.74, 6) is 2.98. The fraction of sp³-hybridized carbons (Fsp3) is 0.727. The molecule has 0 N–H and O–H groups in total. The zero-order valence-electron chi connectivity index (χ0n) is 8.53. The summed E-state index contributed by atoms with van der Waals surface area (Å²) in [4.78, 5) is 4.38. The number of aryl methyl sites for hydroxylation is 1. The van der Waals surface area contributed by atoms with Crippen molar-refractivity contribution in [1.82, 2.24) is 9.55 Å². The van der Waals surface area contributed by atoms with Crippen molar-refractivity contribution >= 4 is 0 Å². The molecule has 0 amide bonds. The first kappa shape index (κ1) is 8.79. The number of aromatic nitrogens is 2. The van der Waals surface area contributed by atoms with Crippen molar-refractivity contribution in [3.05, 3.63) is 18.2 Å². The smallest absolute Gasteiger partial charge is 0.108 e. The molecular weight excluding hydrogens is 160 g/mol. The van der Waals surface area contributed by atoms with Crippen LogP contribution in [0.2, 0.25) is 0 Å². The Morgan fingerprint density at radius 1 is 1.62 bits per heavy atom. The molecule has 1 aromatic heterocycles. The largest absolute Gasteiger partial charge is 0.335 e. The van der Waals surface area contributed by atoms with Gasteiger partial charge in [-0.05, 0) is 24.7 Å². The average Bonchev–Trinajstić information content (AvgIpc) is 2.49. The minimum atomic E-state index is 0.825. The molecule has 0 fully saturated rings. The third kappa shape index (κ3) is 1.93. The molecule has 0 spiro atoms. The minimum Gasteiger partial charge on any atom is -0.335 e. The van der Waals surface area contributed by atoms with E-state index in [2.05, 4.69) is 29.6 Å². The number of imidazole rings is 1. The van der Waals surface area contributed by atoms with E-state index in [1.165, 1.54) is 31.6 Å². The van der Waals surface area contributed by atoms with Crippen LogP contribution in [0.3, 0.4) is 0 Å². The van der Waals surface area contributed by atoms with Gasteiger partial charge in [-0.1, -0.05) is 13.8 Å². The van der Waals surface area contributed by atoms with E-state index in [1.807, 2.05) is 6.20 Å². The maximum Gasteiger partial charge on any atom is 0.108 e. The zero-order valence-corrected chi connectivity index (χ0v) is 8.53. The van der Waals surface area contributed by atoms with Gasteiger partial charge in [-0.3, -0.25) is 0 Å². The van der Waals surface area contributed by atoms with Crippen LogP contribution in [-0.4, -0.2) is 9.55 Å². The Hall–Kier alpha value is -0.790. The highest BCUT2D eigenvalue weighted by Gasteiger charge is 2.19. The normalized spacial score (nSPS) is 21.9. The van der Waals surface area contributed by atoms with E-state index in [0.29, 0.717) is 0 Å². The van der Waals surface area contributed by atoms with Gasteiger partial charge in [0, 0.05) is 25.4 Å². The molecule has 0 radical (unpaired) electrons. The van der Waals surface area contributed by atoms with E-state index >= 15 is 0 Å². The van der Waals surface area contributed by atoms with Gasteiger partial charge in [-0.15, -0.1) is 0 Å². The lowest BCUT2D eigenvalue weighted by Gasteiger charge is -2.24. The highest BCUT2D eigenvalue weighted by atomic mass is 15.1. The number of hydrogen-bond acceptors (Lipinski definition) is 1. The number of rotatable bonds is 2. The van der Waals surface area contributed by atoms with Gasteiger partial charge in [-0.2, -0.15) is 0 Å². The lowest BCUT2D eigenvalue weighted by Crippen LogP contribution is -2.20. The third-order valence-electron chi connectivity index (χ3n) is 2.86. The van der Waals surface area contributed by atoms with Gasteiger partial charge in [0.25, 0.3) is 0 Å². The molecule has 1 unspecified atom stereocenters. The molecule has 0 saturated heterocycles. The summed E-state index contributed by atoms with van der Waals surface area (Å²) in [5, 5.41) is 0. The first-order valence-electron chi connectivity index (χ1n) is 5.25. The molecule has 2 rings (SSSR count). The topological polar surface area (TPSA) is 17.8 Å². The highest BCUT2D eigenvalue weighted by molar-refractivity contribution is 4.97. The van der Waals surface area contributed by atoms with Crippen molar-refractivity contribution in [2.45, 2.75) is 39.7 Å². The summed E-state index contributed by atoms with van der Waals surface area (Å²) in [5.41, 5.74) is 0. The molecule has 2 heterocycles. The SMILES string of the molecule is CC(C)CC1CCn2ccnc2C1. The Kier molecular flexibility index (Phi) is 2.38. The third-order valence-corrected chi connectivity index (χ3v) is 2.86. The van der Waals surface area contributed by atoms with Crippen molar-refractivity contribution in [3.63, 3.8) is 0 Å². The summed E-state index contributed by atoms with van der Waals surface area (Å²) in [6.07, 6.45) is 7.90. The number of nitrogens with zero attached hydrogens (tertiary/aromatic N) is 2. The van der Waals surface area contributed by atoms with Crippen molar-refractivity contribution in [2.75, 3.05) is 0 Å². The summed E-state index contributed by atoms with van der Waals surface area (Å²) >= 11 is 0. The highest BCUT2D eigenvalue weighted by Crippen LogP contribution is 2.24. The molecule has 2 heteroatoms. The molecule has 0 bridgehead atoms. The molecular formula is C11H18N2. The fourth-order valence-electron chi connectivity index (χ4n) is 2.28. The Bertz CT molecular complexity index is 275. The van der Waals surface area contributed by atoms with Crippen molar-refractivity contribution in [1.29, 1.82) is 0 Å². The van der Waals surface area contributed by atoms with Crippen LogP contribution in [0.1, 0.15) is 32.5 Å². The van der Waals surface area contributed by atoms with Gasteiger partial charge in [-0.25, -0.2) is 4.98 Å². The summed E-state index contributed by atoms with van der Waals surface area (Å²) in [6, 6.07) is 0. The van der Waals surface area contributed by atoms with Crippen molar-refractivity contribution in [3.8, 4) is 0 Å². The molecule has 2 nitrogen and oxygen atoms in total. The maximum absolute atomic E-state index is 4.38. The Morgan fingerprint density at radius 3 is 3.23 bits per heavy atom. The standard InChI is InChI=1S/C11H18N2/c1-9(2)7-10-3-5-13-6-4-12-11(13)8-10/h4,6,9-10H,3,5,7-8H2,1-2H3. The van der Waals surface area contributed by atoms with Crippen LogP contribution in [0.25, 0.3) is 0 Å². The molecule has 13 heavy (non-hydrogen) atoms. The van der Waals surface area contributed by atoms with Crippen LogP contribution in [0.5, 0.6) is 0 Å². The van der Waals surface area contributed by atoms with Crippen molar-refractivity contribution in [2.24, 2.45) is 11.8 Å². The predicted octanol–water partition coefficient (Wildman–Crippen LogP) is 2.49. The molecule has 0 aliphatic carbocycles. The molecule has 1 aliphatic rings. The molecule has 1 atom stereocenters. The van der Waals surface area contributed by atoms with E-state index in [4.69, 9.17) is 0 Å². The van der Waals surface area contributed by atoms with E-state index in [-0.39, 0.29) is 0 Å². The zero-order chi connectivity index (χ0) is 9.26. The molecule has 0 aromatic carbocycles. The van der Waals surface area contributed by atoms with E-state index in [0.717, 1.165) is 11.8 Å². The molecule has 1 aromatic rings. The van der Waals surface area contributed by atoms with E-state index in [9.17, 15) is 0 Å². The average molecular weight is 178 g/mol. The monoisotopic (exact) mass is 178 g/mol. The van der Waals surface area contributed by atoms with E-state index < -0.39 is 0 Å². The van der Waals surface area contributed by atoms with Crippen LogP contribution < -0.4 is 0 Å². The molecule has 0 saturated carbocycles. The summed E-state index contributed by atoms with van der Waals surface area (Å²) in [7, 11) is 0. The van der Waals surface area contributed by atoms with Crippen LogP contribution in [0.15, 0.2) is 12.4 Å². The van der Waals surface area contributed by atoms with Gasteiger partial charge >= 0.3 is 0 Å². The quantitative estimate of drug-likeness (QED) is 0.680. The fourth-order valence-corrected chi connectivity index (χ4v) is 2.28. The van der Waals surface area contributed by atoms with E-state index in [1.54, 1.807) is 0 Å². The Labute approximate surface area is 80.0 Å². The first-order valence-corrected chi connectivity index (χ1v) is 5.25. The Balaban J connectivity index is 2.00. The lowest BCUT2D eigenvalue weighted by atomic mass is 9.89.